The van der Waals surface area contributed by atoms with Gasteiger partial charge in [-0.05, 0) is 42.6 Å². The van der Waals surface area contributed by atoms with Crippen LogP contribution < -0.4 is 0 Å². The van der Waals surface area contributed by atoms with Crippen molar-refractivity contribution in [3.63, 3.8) is 0 Å². The Morgan fingerprint density at radius 1 is 1.10 bits per heavy atom. The van der Waals surface area contributed by atoms with Crippen LogP contribution in [0.25, 0.3) is 0 Å². The van der Waals surface area contributed by atoms with Gasteiger partial charge in [-0.15, -0.1) is 0 Å². The lowest BCUT2D eigenvalue weighted by Gasteiger charge is -2.06. The number of allylic oxidation sites excluding steroid dienone is 2. The van der Waals surface area contributed by atoms with Crippen molar-refractivity contribution in [3.8, 4) is 0 Å². The van der Waals surface area contributed by atoms with Crippen molar-refractivity contribution >= 4 is 30.5 Å². The number of carbonyl (C=O) groups is 2. The molecule has 0 saturated heterocycles. The summed E-state index contributed by atoms with van der Waals surface area (Å²) in [5.41, 5.74) is 2.97. The minimum Gasteiger partial charge on any atom is -0.358 e. The zero-order valence-corrected chi connectivity index (χ0v) is 15.2. The molecule has 118 valence electrons. The van der Waals surface area contributed by atoms with Gasteiger partial charge in [0, 0.05) is 31.8 Å². The molecule has 0 amide bonds. The average molecular weight is 330 g/mol. The summed E-state index contributed by atoms with van der Waals surface area (Å²) in [6.07, 6.45) is 4.62. The fourth-order valence-corrected chi connectivity index (χ4v) is 3.05. The van der Waals surface area contributed by atoms with Crippen molar-refractivity contribution in [2.24, 2.45) is 0 Å². The first-order valence-corrected chi connectivity index (χ1v) is 8.10. The second-order valence-electron chi connectivity index (χ2n) is 5.11. The molecule has 2 unspecified atom stereocenters. The Balaban J connectivity index is 0.000000211. The van der Waals surface area contributed by atoms with E-state index in [-0.39, 0.29) is 23.8 Å². The van der Waals surface area contributed by atoms with Crippen molar-refractivity contribution in [2.45, 2.75) is 58.7 Å². The first kappa shape index (κ1) is 18.6. The molecule has 4 nitrogen and oxygen atoms in total. The van der Waals surface area contributed by atoms with Crippen LogP contribution in [0.15, 0.2) is 22.8 Å². The Kier molecular flexibility index (Phi) is 7.90. The molecular formula is C15H24O4P2. The zero-order valence-electron chi connectivity index (χ0n) is 12.8. The van der Waals surface area contributed by atoms with E-state index in [9.17, 15) is 9.59 Å². The molecule has 0 aromatic rings. The third kappa shape index (κ3) is 4.79. The summed E-state index contributed by atoms with van der Waals surface area (Å²) in [7, 11) is 4.39. The number of rotatable bonds is 4. The minimum absolute atomic E-state index is 0.00690. The van der Waals surface area contributed by atoms with Gasteiger partial charge in [0.2, 0.25) is 0 Å². The molecule has 0 radical (unpaired) electrons. The Hall–Kier alpha value is -0.400. The average Bonchev–Trinajstić information content (AvgIpc) is 2.98. The lowest BCUT2D eigenvalue weighted by Crippen LogP contribution is -2.05. The molecule has 21 heavy (non-hydrogen) atoms. The summed E-state index contributed by atoms with van der Waals surface area (Å²) >= 11 is 0. The molecule has 4 atom stereocenters. The normalized spacial score (nSPS) is 25.1. The van der Waals surface area contributed by atoms with Gasteiger partial charge in [0.05, 0.1) is 12.2 Å². The number of ketones is 2. The van der Waals surface area contributed by atoms with Crippen molar-refractivity contribution in [3.05, 3.63) is 22.8 Å². The largest absolute Gasteiger partial charge is 0.358 e. The van der Waals surface area contributed by atoms with E-state index in [1.807, 2.05) is 26.8 Å². The Morgan fingerprint density at radius 3 is 2.05 bits per heavy atom. The van der Waals surface area contributed by atoms with Crippen LogP contribution in [-0.2, 0) is 18.6 Å². The highest BCUT2D eigenvalue weighted by molar-refractivity contribution is 7.10. The molecule has 0 fully saturated rings. The van der Waals surface area contributed by atoms with Crippen molar-refractivity contribution in [2.75, 3.05) is 0 Å². The van der Waals surface area contributed by atoms with E-state index < -0.39 is 0 Å². The Labute approximate surface area is 131 Å². The highest BCUT2D eigenvalue weighted by Crippen LogP contribution is 2.28. The fourth-order valence-electron chi connectivity index (χ4n) is 2.58. The van der Waals surface area contributed by atoms with Gasteiger partial charge in [-0.1, -0.05) is 13.8 Å². The molecule has 0 heterocycles. The number of Topliss-reactive ketones (excluding diaryl/α,β-unsaturated/α-hetero) is 2. The molecule has 2 rings (SSSR count). The second-order valence-corrected chi connectivity index (χ2v) is 5.66. The van der Waals surface area contributed by atoms with Crippen LogP contribution >= 0.6 is 18.9 Å². The molecule has 0 saturated carbocycles. The highest BCUT2D eigenvalue weighted by atomic mass is 31.0. The Morgan fingerprint density at radius 2 is 1.76 bits per heavy atom. The molecule has 6 heteroatoms. The van der Waals surface area contributed by atoms with E-state index >= 15 is 0 Å². The molecular weight excluding hydrogens is 306 g/mol. The molecule has 0 aliphatic heterocycles. The van der Waals surface area contributed by atoms with E-state index in [4.69, 9.17) is 9.05 Å². The van der Waals surface area contributed by atoms with Crippen LogP contribution in [0, 0.1) is 0 Å². The fraction of sp³-hybridized carbons (Fsp3) is 0.600. The minimum atomic E-state index is 0.00690. The van der Waals surface area contributed by atoms with Gasteiger partial charge in [-0.2, -0.15) is 0 Å². The van der Waals surface area contributed by atoms with E-state index in [2.05, 4.69) is 18.9 Å². The first-order chi connectivity index (χ1) is 9.98. The van der Waals surface area contributed by atoms with Gasteiger partial charge < -0.3 is 9.05 Å². The monoisotopic (exact) mass is 330 g/mol. The van der Waals surface area contributed by atoms with E-state index in [0.29, 0.717) is 12.8 Å². The predicted octanol–water partition coefficient (Wildman–Crippen LogP) is 3.33. The lowest BCUT2D eigenvalue weighted by atomic mass is 10.1. The van der Waals surface area contributed by atoms with E-state index in [1.54, 1.807) is 0 Å². The summed E-state index contributed by atoms with van der Waals surface area (Å²) in [5.74, 6) is 0.479. The summed E-state index contributed by atoms with van der Waals surface area (Å²) in [6, 6.07) is 0. The second kappa shape index (κ2) is 8.90. The van der Waals surface area contributed by atoms with Crippen molar-refractivity contribution in [1.82, 2.24) is 0 Å². The molecule has 2 aliphatic carbocycles. The van der Waals surface area contributed by atoms with E-state index in [0.717, 1.165) is 29.6 Å². The number of hydrogen-bond acceptors (Lipinski definition) is 4. The van der Waals surface area contributed by atoms with Crippen LogP contribution in [0.3, 0.4) is 0 Å². The number of hydrogen-bond donors (Lipinski definition) is 0. The molecule has 0 spiro atoms. The standard InChI is InChI=1S/C8H13O2P.C7H11O2P/c1-3-6-5(2)8(10-11)4-7(6)9;1-2-5-3-6(9-10)4-7(5)8/h8H,3-4,11H2,1-2H3;3,6H,2,4,10H2,1H3/t8-;6-/m10/s1. The van der Waals surface area contributed by atoms with Gasteiger partial charge in [0.1, 0.15) is 0 Å². The number of carbonyl (C=O) groups excluding carboxylic acids is 2. The smallest absolute Gasteiger partial charge is 0.161 e. The maximum Gasteiger partial charge on any atom is 0.161 e. The van der Waals surface area contributed by atoms with Crippen molar-refractivity contribution in [1.29, 1.82) is 0 Å². The maximum atomic E-state index is 11.2. The van der Waals surface area contributed by atoms with Gasteiger partial charge in [-0.25, -0.2) is 0 Å². The van der Waals surface area contributed by atoms with Gasteiger partial charge in [0.15, 0.2) is 11.6 Å². The Bertz CT molecular complexity index is 468. The van der Waals surface area contributed by atoms with Gasteiger partial charge >= 0.3 is 0 Å². The molecule has 2 aliphatic rings. The topological polar surface area (TPSA) is 52.6 Å². The van der Waals surface area contributed by atoms with Gasteiger partial charge in [-0.3, -0.25) is 9.59 Å². The van der Waals surface area contributed by atoms with Crippen LogP contribution in [0.4, 0.5) is 0 Å². The molecule has 0 aromatic heterocycles. The van der Waals surface area contributed by atoms with Crippen molar-refractivity contribution < 1.29 is 18.6 Å². The van der Waals surface area contributed by atoms with Crippen LogP contribution in [0.5, 0.6) is 0 Å². The van der Waals surface area contributed by atoms with Crippen LogP contribution in [-0.4, -0.2) is 23.8 Å². The van der Waals surface area contributed by atoms with Crippen LogP contribution in [0.2, 0.25) is 0 Å². The summed E-state index contributed by atoms with van der Waals surface area (Å²) in [4.78, 5) is 22.3. The summed E-state index contributed by atoms with van der Waals surface area (Å²) in [5, 5.41) is 0. The third-order valence-corrected chi connectivity index (χ3v) is 4.55. The summed E-state index contributed by atoms with van der Waals surface area (Å²) in [6.45, 7) is 5.95. The SMILES string of the molecule is CCC1=C(C)[C@H](OP)CC1=O.CCC1=C[C@H](OP)CC1=O. The maximum absolute atomic E-state index is 11.2. The lowest BCUT2D eigenvalue weighted by molar-refractivity contribution is -0.116. The molecule has 0 bridgehead atoms. The quantitative estimate of drug-likeness (QED) is 0.742. The summed E-state index contributed by atoms with van der Waals surface area (Å²) < 4.78 is 10.00. The third-order valence-electron chi connectivity index (χ3n) is 3.87. The van der Waals surface area contributed by atoms with Crippen LogP contribution in [0.1, 0.15) is 46.5 Å². The predicted molar refractivity (Wildman–Crippen MR) is 89.8 cm³/mol. The van der Waals surface area contributed by atoms with E-state index in [1.165, 1.54) is 0 Å². The van der Waals surface area contributed by atoms with Gasteiger partial charge in [0.25, 0.3) is 0 Å². The zero-order chi connectivity index (χ0) is 16.0. The highest BCUT2D eigenvalue weighted by Gasteiger charge is 2.27. The molecule has 0 aromatic carbocycles. The first-order valence-electron chi connectivity index (χ1n) is 7.16. The molecule has 0 N–H and O–H groups in total.